The number of benzene rings is 2. The van der Waals surface area contributed by atoms with Crippen LogP contribution in [0.25, 0.3) is 6.08 Å². The van der Waals surface area contributed by atoms with E-state index in [0.29, 0.717) is 11.1 Å². The third-order valence-electron chi connectivity index (χ3n) is 3.22. The Bertz CT molecular complexity index is 707. The van der Waals surface area contributed by atoms with Crippen molar-refractivity contribution in [3.63, 3.8) is 0 Å². The number of rotatable bonds is 7. The SMILES string of the molecule is O=C(O)/C=C/c1ccc(OC(F)(F)c2ccc(CCF)cc2)cc1. The monoisotopic (exact) mass is 336 g/mol. The maximum Gasteiger partial charge on any atom is 0.426 e. The number of alkyl halides is 3. The number of hydrogen-bond acceptors (Lipinski definition) is 2. The van der Waals surface area contributed by atoms with Gasteiger partial charge in [0.1, 0.15) is 5.75 Å². The van der Waals surface area contributed by atoms with Crippen LogP contribution in [0, 0.1) is 0 Å². The molecule has 0 fully saturated rings. The molecule has 0 aliphatic rings. The van der Waals surface area contributed by atoms with Crippen LogP contribution in [0.1, 0.15) is 16.7 Å². The summed E-state index contributed by atoms with van der Waals surface area (Å²) in [6.07, 6.45) is -1.07. The normalized spacial score (nSPS) is 11.6. The number of carboxylic acid groups (broad SMARTS) is 1. The molecule has 0 amide bonds. The van der Waals surface area contributed by atoms with Crippen molar-refractivity contribution in [3.05, 3.63) is 71.3 Å². The first kappa shape index (κ1) is 17.6. The Labute approximate surface area is 137 Å². The average Bonchev–Trinajstić information content (AvgIpc) is 2.55. The molecule has 6 heteroatoms. The van der Waals surface area contributed by atoms with E-state index >= 15 is 0 Å². The summed E-state index contributed by atoms with van der Waals surface area (Å²) in [7, 11) is 0. The number of halogens is 3. The van der Waals surface area contributed by atoms with E-state index in [4.69, 9.17) is 9.84 Å². The Morgan fingerprint density at radius 1 is 1.08 bits per heavy atom. The smallest absolute Gasteiger partial charge is 0.426 e. The Kier molecular flexibility index (Phi) is 5.63. The minimum absolute atomic E-state index is 0.0553. The molecule has 0 aliphatic carbocycles. The predicted octanol–water partition coefficient (Wildman–Crippen LogP) is 4.42. The fourth-order valence-corrected chi connectivity index (χ4v) is 2.00. The summed E-state index contributed by atoms with van der Waals surface area (Å²) in [6, 6.07) is 10.9. The molecule has 3 nitrogen and oxygen atoms in total. The van der Waals surface area contributed by atoms with Crippen molar-refractivity contribution in [1.29, 1.82) is 0 Å². The summed E-state index contributed by atoms with van der Waals surface area (Å²) in [4.78, 5) is 10.4. The van der Waals surface area contributed by atoms with Crippen LogP contribution in [0.15, 0.2) is 54.6 Å². The lowest BCUT2D eigenvalue weighted by molar-refractivity contribution is -0.185. The van der Waals surface area contributed by atoms with Gasteiger partial charge in [-0.05, 0) is 41.5 Å². The van der Waals surface area contributed by atoms with Gasteiger partial charge < -0.3 is 9.84 Å². The summed E-state index contributed by atoms with van der Waals surface area (Å²) in [5.74, 6) is -1.15. The van der Waals surface area contributed by atoms with E-state index in [0.717, 1.165) is 6.08 Å². The van der Waals surface area contributed by atoms with Crippen molar-refractivity contribution in [2.75, 3.05) is 6.67 Å². The van der Waals surface area contributed by atoms with Gasteiger partial charge >= 0.3 is 12.1 Å². The van der Waals surface area contributed by atoms with E-state index in [1.807, 2.05) is 0 Å². The van der Waals surface area contributed by atoms with Crippen LogP contribution < -0.4 is 4.74 Å². The van der Waals surface area contributed by atoms with E-state index < -0.39 is 18.8 Å². The minimum Gasteiger partial charge on any atom is -0.478 e. The van der Waals surface area contributed by atoms with E-state index in [1.54, 1.807) is 0 Å². The van der Waals surface area contributed by atoms with E-state index in [1.165, 1.54) is 54.6 Å². The van der Waals surface area contributed by atoms with E-state index in [2.05, 4.69) is 0 Å². The Morgan fingerprint density at radius 2 is 1.71 bits per heavy atom. The molecule has 0 radical (unpaired) electrons. The van der Waals surface area contributed by atoms with Gasteiger partial charge in [-0.3, -0.25) is 4.39 Å². The second kappa shape index (κ2) is 7.68. The lowest BCUT2D eigenvalue weighted by atomic mass is 10.1. The first-order chi connectivity index (χ1) is 11.4. The third kappa shape index (κ3) is 4.87. The first-order valence-corrected chi connectivity index (χ1v) is 7.14. The molecule has 0 aliphatic heterocycles. The van der Waals surface area contributed by atoms with Gasteiger partial charge in [-0.1, -0.05) is 24.3 Å². The Balaban J connectivity index is 2.09. The molecule has 0 saturated heterocycles. The third-order valence-corrected chi connectivity index (χ3v) is 3.22. The number of ether oxygens (including phenoxy) is 1. The number of hydrogen-bond donors (Lipinski definition) is 1. The van der Waals surface area contributed by atoms with Crippen LogP contribution in [0.5, 0.6) is 5.75 Å². The quantitative estimate of drug-likeness (QED) is 0.761. The van der Waals surface area contributed by atoms with Gasteiger partial charge in [0.2, 0.25) is 0 Å². The van der Waals surface area contributed by atoms with Gasteiger partial charge in [0.05, 0.1) is 12.2 Å². The average molecular weight is 336 g/mol. The molecule has 1 N–H and O–H groups in total. The molecule has 2 aromatic rings. The highest BCUT2D eigenvalue weighted by Crippen LogP contribution is 2.31. The number of carboxylic acids is 1. The van der Waals surface area contributed by atoms with Crippen molar-refractivity contribution in [1.82, 2.24) is 0 Å². The van der Waals surface area contributed by atoms with Crippen LogP contribution in [0.3, 0.4) is 0 Å². The van der Waals surface area contributed by atoms with Gasteiger partial charge in [0.25, 0.3) is 0 Å². The van der Waals surface area contributed by atoms with Crippen molar-refractivity contribution < 1.29 is 27.8 Å². The molecule has 0 aromatic heterocycles. The molecule has 0 saturated carbocycles. The molecule has 24 heavy (non-hydrogen) atoms. The van der Waals surface area contributed by atoms with Gasteiger partial charge in [0, 0.05) is 12.5 Å². The zero-order valence-corrected chi connectivity index (χ0v) is 12.6. The van der Waals surface area contributed by atoms with Gasteiger partial charge in [-0.2, -0.15) is 8.78 Å². The summed E-state index contributed by atoms with van der Waals surface area (Å²) in [6.45, 7) is -0.547. The van der Waals surface area contributed by atoms with E-state index in [9.17, 15) is 18.0 Å². The molecular formula is C18H15F3O3. The first-order valence-electron chi connectivity index (χ1n) is 7.14. The molecule has 2 rings (SSSR count). The highest BCUT2D eigenvalue weighted by Gasteiger charge is 2.34. The summed E-state index contributed by atoms with van der Waals surface area (Å²) >= 11 is 0. The predicted molar refractivity (Wildman–Crippen MR) is 83.8 cm³/mol. The lowest BCUT2D eigenvalue weighted by Gasteiger charge is -2.18. The van der Waals surface area contributed by atoms with Crippen molar-refractivity contribution >= 4 is 12.0 Å². The molecular weight excluding hydrogens is 321 g/mol. The van der Waals surface area contributed by atoms with Crippen LogP contribution in [-0.2, 0) is 17.3 Å². The van der Waals surface area contributed by atoms with Crippen LogP contribution >= 0.6 is 0 Å². The zero-order chi connectivity index (χ0) is 17.6. The Morgan fingerprint density at radius 3 is 2.25 bits per heavy atom. The van der Waals surface area contributed by atoms with Crippen LogP contribution in [0.4, 0.5) is 13.2 Å². The van der Waals surface area contributed by atoms with Crippen LogP contribution in [0.2, 0.25) is 0 Å². The topological polar surface area (TPSA) is 46.5 Å². The maximum absolute atomic E-state index is 14.1. The van der Waals surface area contributed by atoms with Crippen molar-refractivity contribution in [2.24, 2.45) is 0 Å². The molecule has 0 spiro atoms. The minimum atomic E-state index is -3.54. The maximum atomic E-state index is 14.1. The number of aryl methyl sites for hydroxylation is 1. The number of carbonyl (C=O) groups is 1. The second-order valence-corrected chi connectivity index (χ2v) is 5.00. The fraction of sp³-hybridized carbons (Fsp3) is 0.167. The highest BCUT2D eigenvalue weighted by molar-refractivity contribution is 5.85. The molecule has 2 aromatic carbocycles. The molecule has 0 unspecified atom stereocenters. The summed E-state index contributed by atoms with van der Waals surface area (Å²) < 4.78 is 45.2. The largest absolute Gasteiger partial charge is 0.478 e. The standard InChI is InChI=1S/C18H15F3O3/c19-12-11-14-1-6-15(7-2-14)18(20,21)24-16-8-3-13(4-9-16)5-10-17(22)23/h1-10H,11-12H2,(H,22,23)/b10-5+. The zero-order valence-electron chi connectivity index (χ0n) is 12.6. The fourth-order valence-electron chi connectivity index (χ4n) is 2.00. The summed E-state index contributed by atoms with van der Waals surface area (Å²) in [5, 5.41) is 8.53. The molecule has 0 atom stereocenters. The second-order valence-electron chi connectivity index (χ2n) is 5.00. The Hall–Kier alpha value is -2.76. The lowest BCUT2D eigenvalue weighted by Crippen LogP contribution is -2.21. The number of aliphatic carboxylic acids is 1. The van der Waals surface area contributed by atoms with Crippen molar-refractivity contribution in [2.45, 2.75) is 12.5 Å². The highest BCUT2D eigenvalue weighted by atomic mass is 19.3. The molecule has 0 bridgehead atoms. The molecule has 0 heterocycles. The van der Waals surface area contributed by atoms with Gasteiger partial charge in [0.15, 0.2) is 0 Å². The summed E-state index contributed by atoms with van der Waals surface area (Å²) in [5.41, 5.74) is 0.843. The molecule has 126 valence electrons. The van der Waals surface area contributed by atoms with Gasteiger partial charge in [-0.15, -0.1) is 0 Å². The van der Waals surface area contributed by atoms with Crippen LogP contribution in [-0.4, -0.2) is 17.8 Å². The van der Waals surface area contributed by atoms with Gasteiger partial charge in [-0.25, -0.2) is 4.79 Å². The van der Waals surface area contributed by atoms with E-state index in [-0.39, 0.29) is 17.7 Å². The van der Waals surface area contributed by atoms with Crippen molar-refractivity contribution in [3.8, 4) is 5.75 Å².